The number of carbonyl (C=O) groups is 2. The molecule has 0 aromatic heterocycles. The van der Waals surface area contributed by atoms with E-state index in [1.807, 2.05) is 26.0 Å². The van der Waals surface area contributed by atoms with Gasteiger partial charge in [-0.3, -0.25) is 9.59 Å². The summed E-state index contributed by atoms with van der Waals surface area (Å²) in [5, 5.41) is 11.8. The zero-order chi connectivity index (χ0) is 13.5. The SMILES string of the molecule is CC(C)OCCNC(=O)C1CC=CCC1C(=O)O. The minimum Gasteiger partial charge on any atom is -0.481 e. The van der Waals surface area contributed by atoms with Crippen LogP contribution in [0.25, 0.3) is 0 Å². The fraction of sp³-hybridized carbons (Fsp3) is 0.692. The van der Waals surface area contributed by atoms with Crippen LogP contribution in [0.1, 0.15) is 26.7 Å². The molecule has 1 amide bonds. The van der Waals surface area contributed by atoms with Gasteiger partial charge in [-0.25, -0.2) is 0 Å². The van der Waals surface area contributed by atoms with Gasteiger partial charge in [0.25, 0.3) is 0 Å². The Morgan fingerprint density at radius 3 is 2.50 bits per heavy atom. The van der Waals surface area contributed by atoms with Crippen LogP contribution < -0.4 is 5.32 Å². The zero-order valence-corrected chi connectivity index (χ0v) is 10.9. The molecule has 0 fully saturated rings. The Morgan fingerprint density at radius 2 is 1.94 bits per heavy atom. The highest BCUT2D eigenvalue weighted by atomic mass is 16.5. The molecule has 0 bridgehead atoms. The van der Waals surface area contributed by atoms with Crippen molar-refractivity contribution in [3.63, 3.8) is 0 Å². The fourth-order valence-electron chi connectivity index (χ4n) is 1.98. The van der Waals surface area contributed by atoms with Crippen molar-refractivity contribution in [2.24, 2.45) is 11.8 Å². The average molecular weight is 255 g/mol. The van der Waals surface area contributed by atoms with Gasteiger partial charge < -0.3 is 15.2 Å². The molecule has 0 radical (unpaired) electrons. The topological polar surface area (TPSA) is 75.6 Å². The molecule has 0 heterocycles. The zero-order valence-electron chi connectivity index (χ0n) is 10.9. The number of hydrogen-bond donors (Lipinski definition) is 2. The number of amides is 1. The molecule has 2 unspecified atom stereocenters. The highest BCUT2D eigenvalue weighted by molar-refractivity contribution is 5.85. The van der Waals surface area contributed by atoms with Crippen LogP contribution in [0, 0.1) is 11.8 Å². The first-order chi connectivity index (χ1) is 8.52. The van der Waals surface area contributed by atoms with Gasteiger partial charge in [0.1, 0.15) is 0 Å². The van der Waals surface area contributed by atoms with E-state index < -0.39 is 17.8 Å². The van der Waals surface area contributed by atoms with Gasteiger partial charge in [-0.05, 0) is 26.7 Å². The molecular weight excluding hydrogens is 234 g/mol. The number of carbonyl (C=O) groups excluding carboxylic acids is 1. The lowest BCUT2D eigenvalue weighted by Crippen LogP contribution is -2.40. The van der Waals surface area contributed by atoms with E-state index in [0.29, 0.717) is 26.0 Å². The highest BCUT2D eigenvalue weighted by Crippen LogP contribution is 2.25. The molecule has 18 heavy (non-hydrogen) atoms. The lowest BCUT2D eigenvalue weighted by atomic mass is 9.82. The summed E-state index contributed by atoms with van der Waals surface area (Å²) in [6, 6.07) is 0. The fourth-order valence-corrected chi connectivity index (χ4v) is 1.98. The van der Waals surface area contributed by atoms with E-state index in [9.17, 15) is 9.59 Å². The summed E-state index contributed by atoms with van der Waals surface area (Å²) < 4.78 is 5.31. The molecular formula is C13H21NO4. The smallest absolute Gasteiger partial charge is 0.307 e. The van der Waals surface area contributed by atoms with E-state index in [4.69, 9.17) is 9.84 Å². The molecule has 0 aliphatic heterocycles. The van der Waals surface area contributed by atoms with Crippen molar-refractivity contribution in [1.29, 1.82) is 0 Å². The molecule has 0 aromatic carbocycles. The van der Waals surface area contributed by atoms with Crippen LogP contribution in [0.5, 0.6) is 0 Å². The summed E-state index contributed by atoms with van der Waals surface area (Å²) in [4.78, 5) is 22.9. The number of aliphatic carboxylic acids is 1. The quantitative estimate of drug-likeness (QED) is 0.552. The van der Waals surface area contributed by atoms with E-state index in [2.05, 4.69) is 5.32 Å². The van der Waals surface area contributed by atoms with Gasteiger partial charge in [0.15, 0.2) is 0 Å². The predicted molar refractivity (Wildman–Crippen MR) is 67.1 cm³/mol. The van der Waals surface area contributed by atoms with Gasteiger partial charge in [0.2, 0.25) is 5.91 Å². The average Bonchev–Trinajstić information content (AvgIpc) is 2.34. The molecule has 0 saturated carbocycles. The largest absolute Gasteiger partial charge is 0.481 e. The van der Waals surface area contributed by atoms with Crippen LogP contribution >= 0.6 is 0 Å². The number of ether oxygens (including phenoxy) is 1. The third kappa shape index (κ3) is 4.49. The summed E-state index contributed by atoms with van der Waals surface area (Å²) in [6.45, 7) is 4.72. The number of carboxylic acid groups (broad SMARTS) is 1. The van der Waals surface area contributed by atoms with Crippen molar-refractivity contribution < 1.29 is 19.4 Å². The second-order valence-corrected chi connectivity index (χ2v) is 4.70. The van der Waals surface area contributed by atoms with E-state index in [0.717, 1.165) is 0 Å². The Labute approximate surface area is 107 Å². The summed E-state index contributed by atoms with van der Waals surface area (Å²) in [5.74, 6) is -2.18. The summed E-state index contributed by atoms with van der Waals surface area (Å²) in [5.41, 5.74) is 0. The normalized spacial score (nSPS) is 23.1. The van der Waals surface area contributed by atoms with Gasteiger partial charge in [-0.15, -0.1) is 0 Å². The van der Waals surface area contributed by atoms with Crippen molar-refractivity contribution >= 4 is 11.9 Å². The number of rotatable bonds is 6. The molecule has 2 N–H and O–H groups in total. The lowest BCUT2D eigenvalue weighted by Gasteiger charge is -2.24. The maximum absolute atomic E-state index is 11.9. The van der Waals surface area contributed by atoms with Crippen molar-refractivity contribution in [2.45, 2.75) is 32.8 Å². The van der Waals surface area contributed by atoms with E-state index >= 15 is 0 Å². The maximum atomic E-state index is 11.9. The molecule has 0 spiro atoms. The Bertz CT molecular complexity index is 325. The molecule has 1 aliphatic rings. The Hall–Kier alpha value is -1.36. The van der Waals surface area contributed by atoms with Gasteiger partial charge >= 0.3 is 5.97 Å². The Morgan fingerprint density at radius 1 is 1.33 bits per heavy atom. The van der Waals surface area contributed by atoms with Gasteiger partial charge in [-0.2, -0.15) is 0 Å². The van der Waals surface area contributed by atoms with Crippen LogP contribution in [0.4, 0.5) is 0 Å². The molecule has 5 nitrogen and oxygen atoms in total. The molecule has 0 saturated heterocycles. The summed E-state index contributed by atoms with van der Waals surface area (Å²) in [6.07, 6.45) is 4.74. The minimum atomic E-state index is -0.905. The predicted octanol–water partition coefficient (Wildman–Crippen LogP) is 1.19. The van der Waals surface area contributed by atoms with Gasteiger partial charge in [0.05, 0.1) is 24.5 Å². The van der Waals surface area contributed by atoms with Crippen LogP contribution in [0.15, 0.2) is 12.2 Å². The minimum absolute atomic E-state index is 0.131. The second kappa shape index (κ2) is 7.16. The molecule has 5 heteroatoms. The number of allylic oxidation sites excluding steroid dienone is 2. The molecule has 2 atom stereocenters. The molecule has 102 valence electrons. The first-order valence-electron chi connectivity index (χ1n) is 6.29. The number of carboxylic acids is 1. The third-order valence-electron chi connectivity index (χ3n) is 2.94. The lowest BCUT2D eigenvalue weighted by molar-refractivity contribution is -0.147. The summed E-state index contributed by atoms with van der Waals surface area (Å²) in [7, 11) is 0. The van der Waals surface area contributed by atoms with Gasteiger partial charge in [0, 0.05) is 6.54 Å². The van der Waals surface area contributed by atoms with E-state index in [1.165, 1.54) is 0 Å². The number of nitrogens with one attached hydrogen (secondary N) is 1. The molecule has 1 aliphatic carbocycles. The third-order valence-corrected chi connectivity index (χ3v) is 2.94. The monoisotopic (exact) mass is 255 g/mol. The Kier molecular flexibility index (Phi) is 5.85. The van der Waals surface area contributed by atoms with Crippen LogP contribution in [-0.4, -0.2) is 36.2 Å². The van der Waals surface area contributed by atoms with E-state index in [-0.39, 0.29) is 12.0 Å². The first kappa shape index (κ1) is 14.7. The van der Waals surface area contributed by atoms with Crippen LogP contribution in [-0.2, 0) is 14.3 Å². The van der Waals surface area contributed by atoms with Crippen molar-refractivity contribution in [1.82, 2.24) is 5.32 Å². The van der Waals surface area contributed by atoms with Crippen molar-refractivity contribution in [3.05, 3.63) is 12.2 Å². The standard InChI is InChI=1S/C13H21NO4/c1-9(2)18-8-7-14-12(15)10-5-3-4-6-11(10)13(16)17/h3-4,9-11H,5-8H2,1-2H3,(H,14,15)(H,16,17). The van der Waals surface area contributed by atoms with Crippen LogP contribution in [0.2, 0.25) is 0 Å². The summed E-state index contributed by atoms with van der Waals surface area (Å²) >= 11 is 0. The molecule has 1 rings (SSSR count). The van der Waals surface area contributed by atoms with E-state index in [1.54, 1.807) is 0 Å². The van der Waals surface area contributed by atoms with Crippen molar-refractivity contribution in [2.75, 3.05) is 13.2 Å². The highest BCUT2D eigenvalue weighted by Gasteiger charge is 2.33. The molecule has 0 aromatic rings. The van der Waals surface area contributed by atoms with Crippen LogP contribution in [0.3, 0.4) is 0 Å². The maximum Gasteiger partial charge on any atom is 0.307 e. The second-order valence-electron chi connectivity index (χ2n) is 4.70. The number of hydrogen-bond acceptors (Lipinski definition) is 3. The van der Waals surface area contributed by atoms with Crippen molar-refractivity contribution in [3.8, 4) is 0 Å². The van der Waals surface area contributed by atoms with Gasteiger partial charge in [-0.1, -0.05) is 12.2 Å². The first-order valence-corrected chi connectivity index (χ1v) is 6.29. The Balaban J connectivity index is 2.39.